The van der Waals surface area contributed by atoms with Gasteiger partial charge in [-0.05, 0) is 49.3 Å². The first-order chi connectivity index (χ1) is 14.1. The number of anilines is 1. The van der Waals surface area contributed by atoms with E-state index < -0.39 is 0 Å². The van der Waals surface area contributed by atoms with Gasteiger partial charge in [-0.15, -0.1) is 0 Å². The average Bonchev–Trinajstić information content (AvgIpc) is 3.30. The lowest BCUT2D eigenvalue weighted by molar-refractivity contribution is -0.125. The summed E-state index contributed by atoms with van der Waals surface area (Å²) in [7, 11) is 0. The summed E-state index contributed by atoms with van der Waals surface area (Å²) < 4.78 is 0. The lowest BCUT2D eigenvalue weighted by Gasteiger charge is -2.33. The van der Waals surface area contributed by atoms with Crippen molar-refractivity contribution in [1.82, 2.24) is 20.3 Å². The number of piperidine rings is 1. The van der Waals surface area contributed by atoms with Gasteiger partial charge in [0.15, 0.2) is 0 Å². The Hall–Kier alpha value is -2.50. The fraction of sp³-hybridized carbons (Fsp3) is 0.565. The highest BCUT2D eigenvalue weighted by Gasteiger charge is 2.27. The van der Waals surface area contributed by atoms with Crippen LogP contribution in [0.25, 0.3) is 11.1 Å². The minimum Gasteiger partial charge on any atom is -0.353 e. The van der Waals surface area contributed by atoms with Crippen molar-refractivity contribution in [3.63, 3.8) is 0 Å². The molecule has 2 aliphatic rings. The van der Waals surface area contributed by atoms with E-state index in [4.69, 9.17) is 4.98 Å². The molecule has 0 unspecified atom stereocenters. The van der Waals surface area contributed by atoms with Crippen molar-refractivity contribution < 1.29 is 4.79 Å². The predicted molar refractivity (Wildman–Crippen MR) is 115 cm³/mol. The van der Waals surface area contributed by atoms with E-state index in [1.807, 2.05) is 18.3 Å². The number of carbonyl (C=O) groups is 1. The molecule has 0 atom stereocenters. The molecule has 1 saturated carbocycles. The minimum absolute atomic E-state index is 0.241. The Morgan fingerprint density at radius 3 is 2.45 bits per heavy atom. The van der Waals surface area contributed by atoms with Crippen LogP contribution >= 0.6 is 0 Å². The molecule has 0 bridgehead atoms. The lowest BCUT2D eigenvalue weighted by atomic mass is 10.00. The van der Waals surface area contributed by atoms with Gasteiger partial charge in [0.25, 0.3) is 0 Å². The number of aromatic nitrogens is 3. The van der Waals surface area contributed by atoms with Gasteiger partial charge in [0.1, 0.15) is 0 Å². The highest BCUT2D eigenvalue weighted by atomic mass is 16.1. The maximum atomic E-state index is 12.4. The van der Waals surface area contributed by atoms with Gasteiger partial charge in [0, 0.05) is 49.2 Å². The van der Waals surface area contributed by atoms with Gasteiger partial charge in [0.05, 0.1) is 5.69 Å². The zero-order valence-electron chi connectivity index (χ0n) is 17.5. The summed E-state index contributed by atoms with van der Waals surface area (Å²) in [5.41, 5.74) is 3.24. The van der Waals surface area contributed by atoms with Gasteiger partial charge in [0.2, 0.25) is 11.9 Å². The van der Waals surface area contributed by atoms with E-state index >= 15 is 0 Å². The standard InChI is InChI=1S/C23H31N5O/c1-16(2)21-20(17-7-11-24-12-8-17)15-25-23(27-21)28-13-9-19(10-14-28)26-22(29)18-5-3-4-6-18/h7-8,11-12,15-16,18-19H,3-6,9-10,13-14H2,1-2H3,(H,26,29). The number of hydrogen-bond acceptors (Lipinski definition) is 5. The van der Waals surface area contributed by atoms with Crippen molar-refractivity contribution in [1.29, 1.82) is 0 Å². The lowest BCUT2D eigenvalue weighted by Crippen LogP contribution is -2.46. The van der Waals surface area contributed by atoms with Crippen LogP contribution in [0.15, 0.2) is 30.7 Å². The third-order valence-electron chi connectivity index (χ3n) is 6.19. The number of nitrogens with zero attached hydrogens (tertiary/aromatic N) is 4. The molecule has 6 heteroatoms. The molecule has 0 aromatic carbocycles. The molecular formula is C23H31N5O. The Morgan fingerprint density at radius 2 is 1.79 bits per heavy atom. The summed E-state index contributed by atoms with van der Waals surface area (Å²) in [6.07, 6.45) is 12.0. The van der Waals surface area contributed by atoms with Gasteiger partial charge in [-0.25, -0.2) is 9.97 Å². The maximum absolute atomic E-state index is 12.4. The number of nitrogens with one attached hydrogen (secondary N) is 1. The van der Waals surface area contributed by atoms with E-state index in [0.717, 1.165) is 61.5 Å². The predicted octanol–water partition coefficient (Wildman–Crippen LogP) is 3.94. The van der Waals surface area contributed by atoms with Crippen LogP contribution in [-0.4, -0.2) is 40.0 Å². The second kappa shape index (κ2) is 8.89. The summed E-state index contributed by atoms with van der Waals surface area (Å²) in [5.74, 6) is 1.61. The van der Waals surface area contributed by atoms with Crippen LogP contribution in [0.2, 0.25) is 0 Å². The molecule has 1 aliphatic carbocycles. The van der Waals surface area contributed by atoms with E-state index in [-0.39, 0.29) is 17.9 Å². The monoisotopic (exact) mass is 393 g/mol. The summed E-state index contributed by atoms with van der Waals surface area (Å²) in [6.45, 7) is 6.09. The van der Waals surface area contributed by atoms with Crippen molar-refractivity contribution in [3.05, 3.63) is 36.4 Å². The van der Waals surface area contributed by atoms with Gasteiger partial charge < -0.3 is 10.2 Å². The van der Waals surface area contributed by atoms with E-state index in [0.29, 0.717) is 5.92 Å². The number of carbonyl (C=O) groups excluding carboxylic acids is 1. The molecule has 2 aromatic heterocycles. The van der Waals surface area contributed by atoms with Gasteiger partial charge in [-0.1, -0.05) is 26.7 Å². The van der Waals surface area contributed by atoms with Gasteiger partial charge in [-0.3, -0.25) is 9.78 Å². The Morgan fingerprint density at radius 1 is 1.10 bits per heavy atom. The quantitative estimate of drug-likeness (QED) is 0.833. The van der Waals surface area contributed by atoms with Crippen LogP contribution < -0.4 is 10.2 Å². The molecule has 2 aromatic rings. The van der Waals surface area contributed by atoms with Crippen LogP contribution in [0.4, 0.5) is 5.95 Å². The van der Waals surface area contributed by atoms with Crippen molar-refractivity contribution in [2.24, 2.45) is 5.92 Å². The largest absolute Gasteiger partial charge is 0.353 e. The number of rotatable bonds is 5. The molecule has 1 aliphatic heterocycles. The third kappa shape index (κ3) is 4.57. The highest BCUT2D eigenvalue weighted by molar-refractivity contribution is 5.79. The molecule has 0 spiro atoms. The minimum atomic E-state index is 0.241. The summed E-state index contributed by atoms with van der Waals surface area (Å²) >= 11 is 0. The second-order valence-corrected chi connectivity index (χ2v) is 8.61. The van der Waals surface area contributed by atoms with Crippen LogP contribution in [0.1, 0.15) is 64.0 Å². The zero-order valence-corrected chi connectivity index (χ0v) is 17.5. The SMILES string of the molecule is CC(C)c1nc(N2CCC(NC(=O)C3CCCC3)CC2)ncc1-c1ccncc1. The smallest absolute Gasteiger partial charge is 0.225 e. The Balaban J connectivity index is 1.42. The van der Waals surface area contributed by atoms with Crippen LogP contribution in [0, 0.1) is 5.92 Å². The molecule has 29 heavy (non-hydrogen) atoms. The number of pyridine rings is 1. The fourth-order valence-electron chi connectivity index (χ4n) is 4.46. The molecule has 0 radical (unpaired) electrons. The van der Waals surface area contributed by atoms with E-state index in [1.54, 1.807) is 12.4 Å². The third-order valence-corrected chi connectivity index (χ3v) is 6.19. The Kier molecular flexibility index (Phi) is 6.07. The Bertz CT molecular complexity index is 824. The molecule has 1 N–H and O–H groups in total. The number of amides is 1. The summed E-state index contributed by atoms with van der Waals surface area (Å²) in [4.78, 5) is 28.4. The van der Waals surface area contributed by atoms with Crippen molar-refractivity contribution in [3.8, 4) is 11.1 Å². The number of hydrogen-bond donors (Lipinski definition) is 1. The molecule has 3 heterocycles. The molecule has 2 fully saturated rings. The molecule has 6 nitrogen and oxygen atoms in total. The van der Waals surface area contributed by atoms with Crippen LogP contribution in [-0.2, 0) is 4.79 Å². The Labute approximate surface area is 173 Å². The normalized spacial score (nSPS) is 18.4. The molecule has 1 amide bonds. The highest BCUT2D eigenvalue weighted by Crippen LogP contribution is 2.29. The zero-order chi connectivity index (χ0) is 20.2. The molecule has 154 valence electrons. The van der Waals surface area contributed by atoms with Crippen LogP contribution in [0.3, 0.4) is 0 Å². The fourth-order valence-corrected chi connectivity index (χ4v) is 4.46. The summed E-state index contributed by atoms with van der Waals surface area (Å²) in [5, 5.41) is 3.28. The first-order valence-corrected chi connectivity index (χ1v) is 10.9. The summed E-state index contributed by atoms with van der Waals surface area (Å²) in [6, 6.07) is 4.28. The van der Waals surface area contributed by atoms with E-state index in [9.17, 15) is 4.79 Å². The van der Waals surface area contributed by atoms with E-state index in [2.05, 4.69) is 34.0 Å². The van der Waals surface area contributed by atoms with Crippen molar-refractivity contribution >= 4 is 11.9 Å². The topological polar surface area (TPSA) is 71.0 Å². The van der Waals surface area contributed by atoms with Gasteiger partial charge in [-0.2, -0.15) is 0 Å². The first kappa shape index (κ1) is 19.8. The molecular weight excluding hydrogens is 362 g/mol. The first-order valence-electron chi connectivity index (χ1n) is 10.9. The van der Waals surface area contributed by atoms with Gasteiger partial charge >= 0.3 is 0 Å². The average molecular weight is 394 g/mol. The van der Waals surface area contributed by atoms with Crippen molar-refractivity contribution in [2.45, 2.75) is 64.3 Å². The molecule has 4 rings (SSSR count). The van der Waals surface area contributed by atoms with Crippen molar-refractivity contribution in [2.75, 3.05) is 18.0 Å². The molecule has 1 saturated heterocycles. The maximum Gasteiger partial charge on any atom is 0.225 e. The second-order valence-electron chi connectivity index (χ2n) is 8.61. The van der Waals surface area contributed by atoms with E-state index in [1.165, 1.54) is 12.8 Å². The van der Waals surface area contributed by atoms with Crippen LogP contribution in [0.5, 0.6) is 0 Å².